The van der Waals surface area contributed by atoms with Crippen molar-refractivity contribution in [2.45, 2.75) is 64.8 Å². The van der Waals surface area contributed by atoms with Gasteiger partial charge in [0.2, 0.25) is 0 Å². The lowest BCUT2D eigenvalue weighted by molar-refractivity contribution is -0.207. The molecule has 0 aromatic heterocycles. The molecular formula is C21H30O2. The summed E-state index contributed by atoms with van der Waals surface area (Å²) < 4.78 is 12.5. The number of fused-ring (bicyclic) bond motifs is 2. The predicted molar refractivity (Wildman–Crippen MR) is 95.3 cm³/mol. The summed E-state index contributed by atoms with van der Waals surface area (Å²) in [5.74, 6) is 3.23. The average Bonchev–Trinajstić information content (AvgIpc) is 2.45. The molecule has 2 aliphatic rings. The summed E-state index contributed by atoms with van der Waals surface area (Å²) in [5.41, 5.74) is 1.13. The van der Waals surface area contributed by atoms with E-state index in [2.05, 4.69) is 20.4 Å². The van der Waals surface area contributed by atoms with E-state index in [1.165, 1.54) is 32.1 Å². The van der Waals surface area contributed by atoms with E-state index in [0.29, 0.717) is 0 Å². The zero-order chi connectivity index (χ0) is 16.4. The zero-order valence-corrected chi connectivity index (χ0v) is 14.8. The monoisotopic (exact) mass is 314 g/mol. The molecule has 1 aromatic carbocycles. The minimum atomic E-state index is -0.208. The molecule has 2 nitrogen and oxygen atoms in total. The molecule has 126 valence electrons. The minimum Gasteiger partial charge on any atom is -0.465 e. The number of benzene rings is 1. The van der Waals surface area contributed by atoms with Gasteiger partial charge in [0, 0.05) is 0 Å². The summed E-state index contributed by atoms with van der Waals surface area (Å²) in [6, 6.07) is 8.03. The Kier molecular flexibility index (Phi) is 4.82. The fourth-order valence-electron chi connectivity index (χ4n) is 5.01. The van der Waals surface area contributed by atoms with E-state index < -0.39 is 0 Å². The van der Waals surface area contributed by atoms with Gasteiger partial charge in [0.05, 0.1) is 5.60 Å². The van der Waals surface area contributed by atoms with E-state index >= 15 is 0 Å². The highest BCUT2D eigenvalue weighted by atomic mass is 16.7. The Morgan fingerprint density at radius 2 is 1.70 bits per heavy atom. The standard InChI is InChI=1S/C21H30O2/c1-5-18-6-8-20(9-7-18)22-17(4)23-21-12-15(2)10-19(14-21)11-16(3)13-21/h5-9,15-17,19H,1,10-14H2,2-4H3. The molecule has 0 aliphatic heterocycles. The molecule has 0 heterocycles. The smallest absolute Gasteiger partial charge is 0.197 e. The largest absolute Gasteiger partial charge is 0.465 e. The van der Waals surface area contributed by atoms with Crippen LogP contribution < -0.4 is 4.74 Å². The molecule has 2 aliphatic carbocycles. The third kappa shape index (κ3) is 3.98. The van der Waals surface area contributed by atoms with Gasteiger partial charge in [-0.3, -0.25) is 0 Å². The Labute approximate surface area is 140 Å². The fourth-order valence-corrected chi connectivity index (χ4v) is 5.01. The van der Waals surface area contributed by atoms with E-state index in [1.807, 2.05) is 37.3 Å². The zero-order valence-electron chi connectivity index (χ0n) is 14.8. The number of ether oxygens (including phenoxy) is 2. The van der Waals surface area contributed by atoms with Gasteiger partial charge in [-0.2, -0.15) is 0 Å². The lowest BCUT2D eigenvalue weighted by atomic mass is 9.63. The number of hydrogen-bond donors (Lipinski definition) is 0. The fraction of sp³-hybridized carbons (Fsp3) is 0.619. The molecule has 0 amide bonds. The summed E-state index contributed by atoms with van der Waals surface area (Å²) >= 11 is 0. The van der Waals surface area contributed by atoms with Gasteiger partial charge in [-0.15, -0.1) is 0 Å². The van der Waals surface area contributed by atoms with Crippen molar-refractivity contribution >= 4 is 6.08 Å². The summed E-state index contributed by atoms with van der Waals surface area (Å²) in [4.78, 5) is 0. The maximum Gasteiger partial charge on any atom is 0.197 e. The molecule has 2 heteroatoms. The van der Waals surface area contributed by atoms with Gasteiger partial charge >= 0.3 is 0 Å². The first-order valence-electron chi connectivity index (χ1n) is 9.05. The predicted octanol–water partition coefficient (Wildman–Crippen LogP) is 5.68. The van der Waals surface area contributed by atoms with Crippen LogP contribution in [0.25, 0.3) is 6.08 Å². The molecule has 2 fully saturated rings. The molecule has 3 unspecified atom stereocenters. The summed E-state index contributed by atoms with van der Waals surface area (Å²) in [6.45, 7) is 10.6. The highest BCUT2D eigenvalue weighted by molar-refractivity contribution is 5.48. The molecule has 0 spiro atoms. The Hall–Kier alpha value is -1.28. The van der Waals surface area contributed by atoms with Crippen molar-refractivity contribution in [3.63, 3.8) is 0 Å². The molecule has 0 saturated heterocycles. The molecule has 23 heavy (non-hydrogen) atoms. The molecule has 1 aromatic rings. The van der Waals surface area contributed by atoms with E-state index in [0.717, 1.165) is 29.1 Å². The quantitative estimate of drug-likeness (QED) is 0.651. The van der Waals surface area contributed by atoms with Gasteiger partial charge in [0.25, 0.3) is 0 Å². The van der Waals surface area contributed by atoms with Gasteiger partial charge in [0.15, 0.2) is 6.29 Å². The van der Waals surface area contributed by atoms with Gasteiger partial charge in [-0.1, -0.05) is 38.6 Å². The Morgan fingerprint density at radius 3 is 2.26 bits per heavy atom. The van der Waals surface area contributed by atoms with Crippen LogP contribution in [0.3, 0.4) is 0 Å². The molecule has 0 N–H and O–H groups in total. The molecule has 0 radical (unpaired) electrons. The second kappa shape index (κ2) is 6.68. The van der Waals surface area contributed by atoms with Crippen LogP contribution in [-0.2, 0) is 4.74 Å². The first-order chi connectivity index (χ1) is 11.0. The number of rotatable bonds is 5. The molecule has 3 atom stereocenters. The second-order valence-electron chi connectivity index (χ2n) is 7.92. The highest BCUT2D eigenvalue weighted by Crippen LogP contribution is 2.49. The van der Waals surface area contributed by atoms with Crippen molar-refractivity contribution in [1.82, 2.24) is 0 Å². The highest BCUT2D eigenvalue weighted by Gasteiger charge is 2.46. The average molecular weight is 314 g/mol. The van der Waals surface area contributed by atoms with Gasteiger partial charge in [0.1, 0.15) is 5.75 Å². The molecule has 2 saturated carbocycles. The van der Waals surface area contributed by atoms with Gasteiger partial charge in [-0.05, 0) is 74.5 Å². The molecule has 3 rings (SSSR count). The number of hydrogen-bond acceptors (Lipinski definition) is 2. The Bertz CT molecular complexity index is 514. The van der Waals surface area contributed by atoms with Crippen molar-refractivity contribution in [2.24, 2.45) is 17.8 Å². The van der Waals surface area contributed by atoms with Crippen molar-refractivity contribution in [2.75, 3.05) is 0 Å². The third-order valence-electron chi connectivity index (χ3n) is 5.41. The SMILES string of the molecule is C=Cc1ccc(OC(C)OC23CC(C)CC(CC(C)C2)C3)cc1. The van der Waals surface area contributed by atoms with Crippen LogP contribution in [-0.4, -0.2) is 11.9 Å². The maximum absolute atomic E-state index is 6.51. The van der Waals surface area contributed by atoms with Crippen molar-refractivity contribution in [3.8, 4) is 5.75 Å². The minimum absolute atomic E-state index is 0.0282. The second-order valence-corrected chi connectivity index (χ2v) is 7.92. The maximum atomic E-state index is 6.51. The van der Waals surface area contributed by atoms with Crippen LogP contribution in [0.15, 0.2) is 30.8 Å². The lowest BCUT2D eigenvalue weighted by Gasteiger charge is -2.50. The van der Waals surface area contributed by atoms with Crippen LogP contribution >= 0.6 is 0 Å². The van der Waals surface area contributed by atoms with Crippen molar-refractivity contribution in [3.05, 3.63) is 36.4 Å². The van der Waals surface area contributed by atoms with E-state index in [4.69, 9.17) is 9.47 Å². The summed E-state index contributed by atoms with van der Waals surface area (Å²) in [6.07, 6.45) is 7.94. The lowest BCUT2D eigenvalue weighted by Crippen LogP contribution is -2.48. The first-order valence-corrected chi connectivity index (χ1v) is 9.05. The Morgan fingerprint density at radius 1 is 1.09 bits per heavy atom. The van der Waals surface area contributed by atoms with Crippen LogP contribution in [0.1, 0.15) is 58.4 Å². The molecular weight excluding hydrogens is 284 g/mol. The van der Waals surface area contributed by atoms with Crippen molar-refractivity contribution < 1.29 is 9.47 Å². The van der Waals surface area contributed by atoms with Crippen LogP contribution in [0.5, 0.6) is 5.75 Å². The van der Waals surface area contributed by atoms with Crippen LogP contribution in [0.2, 0.25) is 0 Å². The third-order valence-corrected chi connectivity index (χ3v) is 5.41. The van der Waals surface area contributed by atoms with Crippen LogP contribution in [0, 0.1) is 17.8 Å². The van der Waals surface area contributed by atoms with Gasteiger partial charge < -0.3 is 9.47 Å². The van der Waals surface area contributed by atoms with Crippen molar-refractivity contribution in [1.29, 1.82) is 0 Å². The molecule has 2 bridgehead atoms. The topological polar surface area (TPSA) is 18.5 Å². The van der Waals surface area contributed by atoms with Crippen LogP contribution in [0.4, 0.5) is 0 Å². The normalized spacial score (nSPS) is 34.7. The Balaban J connectivity index is 1.65. The van der Waals surface area contributed by atoms with Gasteiger partial charge in [-0.25, -0.2) is 0 Å². The van der Waals surface area contributed by atoms with E-state index in [1.54, 1.807) is 0 Å². The first kappa shape index (κ1) is 16.6. The van der Waals surface area contributed by atoms with E-state index in [9.17, 15) is 0 Å². The summed E-state index contributed by atoms with van der Waals surface area (Å²) in [7, 11) is 0. The van der Waals surface area contributed by atoms with E-state index in [-0.39, 0.29) is 11.9 Å². The summed E-state index contributed by atoms with van der Waals surface area (Å²) in [5, 5.41) is 0.